The first kappa shape index (κ1) is 23.8. The molecular weight excluding hydrogens is 446 g/mol. The van der Waals surface area contributed by atoms with Crippen LogP contribution in [-0.2, 0) is 11.2 Å². The van der Waals surface area contributed by atoms with Crippen molar-refractivity contribution in [3.05, 3.63) is 83.2 Å². The van der Waals surface area contributed by atoms with Crippen molar-refractivity contribution in [2.45, 2.75) is 20.3 Å². The summed E-state index contributed by atoms with van der Waals surface area (Å²) in [6.07, 6.45) is 2.32. The quantitative estimate of drug-likeness (QED) is 0.370. The molecule has 0 radical (unpaired) electrons. The van der Waals surface area contributed by atoms with Gasteiger partial charge in [0.05, 0.1) is 32.7 Å². The lowest BCUT2D eigenvalue weighted by atomic mass is 9.96. The fraction of sp³-hybridized carbons (Fsp3) is 0.222. The van der Waals surface area contributed by atoms with Crippen LogP contribution in [0.3, 0.4) is 0 Å². The Hall–Kier alpha value is -4.33. The number of benzene rings is 3. The number of aromatic hydroxyl groups is 1. The van der Waals surface area contributed by atoms with Gasteiger partial charge in [0.1, 0.15) is 11.3 Å². The highest BCUT2D eigenvalue weighted by atomic mass is 16.5. The van der Waals surface area contributed by atoms with Crippen molar-refractivity contribution in [2.75, 3.05) is 20.8 Å². The van der Waals surface area contributed by atoms with Crippen LogP contribution in [0, 0.1) is 6.92 Å². The molecule has 3 aromatic carbocycles. The Morgan fingerprint density at radius 3 is 2.46 bits per heavy atom. The second-order valence-corrected chi connectivity index (χ2v) is 7.92. The first-order chi connectivity index (χ1) is 17.0. The lowest BCUT2D eigenvalue weighted by Crippen LogP contribution is -2.10. The van der Waals surface area contributed by atoms with E-state index in [-0.39, 0.29) is 17.9 Å². The third kappa shape index (κ3) is 4.82. The van der Waals surface area contributed by atoms with Crippen LogP contribution < -0.4 is 9.47 Å². The largest absolute Gasteiger partial charge is 0.505 e. The zero-order valence-electron chi connectivity index (χ0n) is 20.1. The van der Waals surface area contributed by atoms with Gasteiger partial charge in [-0.25, -0.2) is 9.48 Å². The van der Waals surface area contributed by atoms with Crippen molar-refractivity contribution >= 4 is 5.97 Å². The monoisotopic (exact) mass is 473 g/mol. The number of methoxy groups -OCH3 is 2. The fourth-order valence-electron chi connectivity index (χ4n) is 4.00. The van der Waals surface area contributed by atoms with E-state index in [0.717, 1.165) is 11.1 Å². The number of esters is 1. The van der Waals surface area contributed by atoms with E-state index in [1.54, 1.807) is 40.3 Å². The first-order valence-electron chi connectivity index (χ1n) is 11.2. The molecule has 0 aliphatic rings. The van der Waals surface area contributed by atoms with Crippen LogP contribution in [-0.4, -0.2) is 46.9 Å². The van der Waals surface area contributed by atoms with E-state index in [4.69, 9.17) is 14.2 Å². The molecule has 1 N–H and O–H groups in total. The normalized spacial score (nSPS) is 10.7. The van der Waals surface area contributed by atoms with Gasteiger partial charge in [-0.3, -0.25) is 0 Å². The highest BCUT2D eigenvalue weighted by molar-refractivity contribution is 5.98. The van der Waals surface area contributed by atoms with E-state index in [9.17, 15) is 9.90 Å². The maximum Gasteiger partial charge on any atom is 0.342 e. The zero-order valence-corrected chi connectivity index (χ0v) is 20.1. The summed E-state index contributed by atoms with van der Waals surface area (Å²) in [7, 11) is 3.12. The Morgan fingerprint density at radius 1 is 1.03 bits per heavy atom. The van der Waals surface area contributed by atoms with Crippen molar-refractivity contribution in [1.82, 2.24) is 15.0 Å². The molecule has 0 unspecified atom stereocenters. The average molecular weight is 474 g/mol. The SMILES string of the molecule is CCOC(=O)c1c(C)cc(-c2ccc(OC)c(OC)c2)c(-n2cc(Cc3ccccc3)nn2)c1O. The maximum atomic E-state index is 12.7. The van der Waals surface area contributed by atoms with Crippen molar-refractivity contribution in [3.8, 4) is 34.1 Å². The second-order valence-electron chi connectivity index (χ2n) is 7.92. The molecule has 0 amide bonds. The Bertz CT molecular complexity index is 1350. The van der Waals surface area contributed by atoms with Crippen molar-refractivity contribution in [1.29, 1.82) is 0 Å². The van der Waals surface area contributed by atoms with Crippen molar-refractivity contribution < 1.29 is 24.1 Å². The van der Waals surface area contributed by atoms with Crippen LogP contribution in [0.4, 0.5) is 0 Å². The van der Waals surface area contributed by atoms with Crippen LogP contribution in [0.1, 0.15) is 34.1 Å². The minimum Gasteiger partial charge on any atom is -0.505 e. The number of ether oxygens (including phenoxy) is 3. The number of rotatable bonds is 8. The summed E-state index contributed by atoms with van der Waals surface area (Å²) in [6, 6.07) is 17.2. The predicted octanol–water partition coefficient (Wildman–Crippen LogP) is 4.73. The predicted molar refractivity (Wildman–Crippen MR) is 132 cm³/mol. The summed E-state index contributed by atoms with van der Waals surface area (Å²) < 4.78 is 17.5. The number of aromatic nitrogens is 3. The maximum absolute atomic E-state index is 12.7. The molecule has 1 aromatic heterocycles. The third-order valence-corrected chi connectivity index (χ3v) is 5.64. The molecule has 0 spiro atoms. The summed E-state index contributed by atoms with van der Waals surface area (Å²) >= 11 is 0. The van der Waals surface area contributed by atoms with E-state index < -0.39 is 5.97 Å². The van der Waals surface area contributed by atoms with Crippen LogP contribution in [0.5, 0.6) is 17.2 Å². The molecule has 8 heteroatoms. The lowest BCUT2D eigenvalue weighted by molar-refractivity contribution is 0.0522. The second kappa shape index (κ2) is 10.3. The van der Waals surface area contributed by atoms with E-state index >= 15 is 0 Å². The van der Waals surface area contributed by atoms with Gasteiger partial charge in [-0.05, 0) is 48.7 Å². The molecule has 0 bridgehead atoms. The molecule has 0 aliphatic heterocycles. The van der Waals surface area contributed by atoms with E-state index in [0.29, 0.717) is 40.4 Å². The number of hydrogen-bond donors (Lipinski definition) is 1. The van der Waals surface area contributed by atoms with Gasteiger partial charge in [0.15, 0.2) is 17.2 Å². The average Bonchev–Trinajstić information content (AvgIpc) is 3.31. The molecular formula is C27H27N3O5. The highest BCUT2D eigenvalue weighted by Gasteiger charge is 2.25. The molecule has 0 saturated carbocycles. The lowest BCUT2D eigenvalue weighted by Gasteiger charge is -2.18. The topological polar surface area (TPSA) is 95.7 Å². The summed E-state index contributed by atoms with van der Waals surface area (Å²) in [5, 5.41) is 19.9. The van der Waals surface area contributed by atoms with Gasteiger partial charge in [0.25, 0.3) is 0 Å². The molecule has 35 heavy (non-hydrogen) atoms. The number of phenols is 1. The molecule has 180 valence electrons. The Morgan fingerprint density at radius 2 is 1.77 bits per heavy atom. The number of hydrogen-bond acceptors (Lipinski definition) is 7. The van der Waals surface area contributed by atoms with Gasteiger partial charge in [-0.2, -0.15) is 0 Å². The van der Waals surface area contributed by atoms with Gasteiger partial charge in [-0.1, -0.05) is 41.6 Å². The molecule has 0 aliphatic carbocycles. The highest BCUT2D eigenvalue weighted by Crippen LogP contribution is 2.41. The van der Waals surface area contributed by atoms with Crippen LogP contribution in [0.25, 0.3) is 16.8 Å². The third-order valence-electron chi connectivity index (χ3n) is 5.64. The van der Waals surface area contributed by atoms with Gasteiger partial charge in [-0.15, -0.1) is 5.10 Å². The van der Waals surface area contributed by atoms with E-state index in [2.05, 4.69) is 10.3 Å². The van der Waals surface area contributed by atoms with Gasteiger partial charge >= 0.3 is 5.97 Å². The zero-order chi connectivity index (χ0) is 24.9. The van der Waals surface area contributed by atoms with Gasteiger partial charge < -0.3 is 19.3 Å². The first-order valence-corrected chi connectivity index (χ1v) is 11.2. The van der Waals surface area contributed by atoms with Crippen LogP contribution >= 0.6 is 0 Å². The van der Waals surface area contributed by atoms with Crippen molar-refractivity contribution in [2.24, 2.45) is 0 Å². The minimum absolute atomic E-state index is 0.0891. The number of carbonyl (C=O) groups is 1. The van der Waals surface area contributed by atoms with Crippen molar-refractivity contribution in [3.63, 3.8) is 0 Å². The summed E-state index contributed by atoms with van der Waals surface area (Å²) in [5.74, 6) is 0.273. The Balaban J connectivity index is 1.89. The van der Waals surface area contributed by atoms with Crippen LogP contribution in [0.15, 0.2) is 60.8 Å². The van der Waals surface area contributed by atoms with Gasteiger partial charge in [0.2, 0.25) is 0 Å². The van der Waals surface area contributed by atoms with Gasteiger partial charge in [0, 0.05) is 12.0 Å². The number of nitrogens with zero attached hydrogens (tertiary/aromatic N) is 3. The summed E-state index contributed by atoms with van der Waals surface area (Å²) in [6.45, 7) is 3.66. The van der Waals surface area contributed by atoms with E-state index in [1.165, 1.54) is 4.68 Å². The summed E-state index contributed by atoms with van der Waals surface area (Å²) in [4.78, 5) is 12.7. The number of carbonyl (C=O) groups excluding carboxylic acids is 1. The van der Waals surface area contributed by atoms with Crippen LogP contribution in [0.2, 0.25) is 0 Å². The molecule has 0 fully saturated rings. The summed E-state index contributed by atoms with van der Waals surface area (Å²) in [5.41, 5.74) is 4.16. The van der Waals surface area contributed by atoms with E-state index in [1.807, 2.05) is 48.5 Å². The molecule has 1 heterocycles. The molecule has 4 aromatic rings. The number of phenolic OH excluding ortho intramolecular Hbond substituents is 1. The number of aryl methyl sites for hydroxylation is 1. The molecule has 0 saturated heterocycles. The fourth-order valence-corrected chi connectivity index (χ4v) is 4.00. The molecule has 4 rings (SSSR count). The molecule has 8 nitrogen and oxygen atoms in total. The smallest absolute Gasteiger partial charge is 0.342 e. The Kier molecular flexibility index (Phi) is 7.01. The standard InChI is InChI=1S/C27H27N3O5/c1-5-35-27(32)24-17(2)13-21(19-11-12-22(33-3)23(15-19)34-4)25(26(24)31)30-16-20(28-29-30)14-18-9-7-6-8-10-18/h6-13,15-16,31H,5,14H2,1-4H3. The molecule has 0 atom stereocenters. The minimum atomic E-state index is -0.604. The Labute approximate surface area is 203 Å².